The number of hydrogen-bond donors (Lipinski definition) is 2. The molecule has 0 spiro atoms. The third-order valence-electron chi connectivity index (χ3n) is 4.00. The van der Waals surface area contributed by atoms with Crippen molar-refractivity contribution in [1.82, 2.24) is 9.99 Å². The summed E-state index contributed by atoms with van der Waals surface area (Å²) >= 11 is 2.00. The summed E-state index contributed by atoms with van der Waals surface area (Å²) in [7, 11) is 4.00. The second kappa shape index (κ2) is 8.26. The Labute approximate surface area is 171 Å². The molecule has 2 N–H and O–H groups in total. The summed E-state index contributed by atoms with van der Waals surface area (Å²) in [5.74, 6) is -0.311. The fraction of sp³-hybridized carbons (Fsp3) is 0.100. The van der Waals surface area contributed by atoms with Crippen molar-refractivity contribution in [1.29, 1.82) is 0 Å². The van der Waals surface area contributed by atoms with E-state index in [0.717, 1.165) is 17.1 Å². The molecule has 3 rings (SSSR count). The van der Waals surface area contributed by atoms with Crippen LogP contribution < -0.4 is 10.3 Å². The zero-order valence-electron chi connectivity index (χ0n) is 14.9. The predicted octanol–water partition coefficient (Wildman–Crippen LogP) is 3.62. The molecular weight excluding hydrogens is 455 g/mol. The first-order valence-corrected chi connectivity index (χ1v) is 9.30. The number of amides is 1. The maximum absolute atomic E-state index is 12.1. The van der Waals surface area contributed by atoms with Crippen LogP contribution in [0.25, 0.3) is 5.69 Å². The van der Waals surface area contributed by atoms with Crippen molar-refractivity contribution in [2.45, 2.75) is 0 Å². The molecule has 0 saturated heterocycles. The van der Waals surface area contributed by atoms with Crippen molar-refractivity contribution in [3.05, 3.63) is 75.6 Å². The van der Waals surface area contributed by atoms with Gasteiger partial charge < -0.3 is 14.6 Å². The first-order chi connectivity index (χ1) is 13.0. The summed E-state index contributed by atoms with van der Waals surface area (Å²) in [6.07, 6.45) is 3.52. The van der Waals surface area contributed by atoms with Gasteiger partial charge in [0.1, 0.15) is 5.75 Å². The SMILES string of the molecule is CN(C)c1ccc(-n2cccc2/C=N\NC(=O)c2ccc(I)c(O)c2)cc1. The number of hydrogen-bond acceptors (Lipinski definition) is 4. The number of halogens is 1. The van der Waals surface area contributed by atoms with Gasteiger partial charge in [-0.25, -0.2) is 5.43 Å². The molecule has 0 fully saturated rings. The van der Waals surface area contributed by atoms with E-state index in [1.807, 2.05) is 88.7 Å². The quantitative estimate of drug-likeness (QED) is 0.337. The van der Waals surface area contributed by atoms with Crippen molar-refractivity contribution < 1.29 is 9.90 Å². The molecule has 2 aromatic carbocycles. The number of nitrogens with one attached hydrogen (secondary N) is 1. The molecule has 6 nitrogen and oxygen atoms in total. The van der Waals surface area contributed by atoms with Gasteiger partial charge in [-0.15, -0.1) is 0 Å². The molecule has 0 radical (unpaired) electrons. The van der Waals surface area contributed by atoms with Crippen LogP contribution >= 0.6 is 22.6 Å². The fourth-order valence-electron chi connectivity index (χ4n) is 2.52. The van der Waals surface area contributed by atoms with Gasteiger partial charge in [-0.2, -0.15) is 5.10 Å². The van der Waals surface area contributed by atoms with Gasteiger partial charge in [0.15, 0.2) is 0 Å². The predicted molar refractivity (Wildman–Crippen MR) is 116 cm³/mol. The second-order valence-corrected chi connectivity index (χ2v) is 7.24. The summed E-state index contributed by atoms with van der Waals surface area (Å²) in [5.41, 5.74) is 5.78. The van der Waals surface area contributed by atoms with Gasteiger partial charge in [-0.05, 0) is 77.2 Å². The molecule has 138 valence electrons. The summed E-state index contributed by atoms with van der Waals surface area (Å²) in [6.45, 7) is 0. The van der Waals surface area contributed by atoms with Gasteiger partial charge in [-0.1, -0.05) is 0 Å². The molecule has 0 aliphatic heterocycles. The minimum absolute atomic E-state index is 0.0716. The Bertz CT molecular complexity index is 978. The van der Waals surface area contributed by atoms with E-state index >= 15 is 0 Å². The van der Waals surface area contributed by atoms with E-state index in [-0.39, 0.29) is 11.7 Å². The number of anilines is 1. The van der Waals surface area contributed by atoms with Crippen molar-refractivity contribution in [3.8, 4) is 11.4 Å². The van der Waals surface area contributed by atoms with E-state index in [1.54, 1.807) is 18.3 Å². The summed E-state index contributed by atoms with van der Waals surface area (Å²) in [6, 6.07) is 16.7. The van der Waals surface area contributed by atoms with Gasteiger partial charge in [0.05, 0.1) is 15.5 Å². The Morgan fingerprint density at radius 1 is 1.19 bits per heavy atom. The number of benzene rings is 2. The van der Waals surface area contributed by atoms with Crippen molar-refractivity contribution in [3.63, 3.8) is 0 Å². The highest BCUT2D eigenvalue weighted by atomic mass is 127. The molecule has 0 aliphatic carbocycles. The van der Waals surface area contributed by atoms with Crippen LogP contribution in [0.15, 0.2) is 65.9 Å². The van der Waals surface area contributed by atoms with Crippen LogP contribution in [-0.2, 0) is 0 Å². The first-order valence-electron chi connectivity index (χ1n) is 8.23. The minimum atomic E-state index is -0.383. The van der Waals surface area contributed by atoms with Gasteiger partial charge in [-0.3, -0.25) is 4.79 Å². The average molecular weight is 474 g/mol. The second-order valence-electron chi connectivity index (χ2n) is 6.08. The Morgan fingerprint density at radius 3 is 2.59 bits per heavy atom. The highest BCUT2D eigenvalue weighted by Gasteiger charge is 2.07. The van der Waals surface area contributed by atoms with E-state index < -0.39 is 0 Å². The number of phenols is 1. The molecule has 0 aliphatic rings. The number of carbonyl (C=O) groups excluding carboxylic acids is 1. The lowest BCUT2D eigenvalue weighted by molar-refractivity contribution is 0.0954. The van der Waals surface area contributed by atoms with Crippen LogP contribution in [0.3, 0.4) is 0 Å². The molecule has 27 heavy (non-hydrogen) atoms. The van der Waals surface area contributed by atoms with E-state index in [1.165, 1.54) is 6.07 Å². The molecule has 1 heterocycles. The molecule has 3 aromatic rings. The van der Waals surface area contributed by atoms with E-state index in [4.69, 9.17) is 0 Å². The first kappa shape index (κ1) is 19.0. The molecule has 0 saturated carbocycles. The van der Waals surface area contributed by atoms with Crippen LogP contribution in [0.1, 0.15) is 16.1 Å². The molecule has 0 atom stereocenters. The highest BCUT2D eigenvalue weighted by molar-refractivity contribution is 14.1. The highest BCUT2D eigenvalue weighted by Crippen LogP contribution is 2.20. The smallest absolute Gasteiger partial charge is 0.271 e. The maximum Gasteiger partial charge on any atom is 0.271 e. The topological polar surface area (TPSA) is 69.9 Å². The van der Waals surface area contributed by atoms with E-state index in [0.29, 0.717) is 9.13 Å². The Balaban J connectivity index is 1.72. The summed E-state index contributed by atoms with van der Waals surface area (Å²) < 4.78 is 2.66. The van der Waals surface area contributed by atoms with Crippen LogP contribution in [-0.4, -0.2) is 35.9 Å². The number of aromatic nitrogens is 1. The molecular formula is C20H19IN4O2. The lowest BCUT2D eigenvalue weighted by Gasteiger charge is -2.13. The minimum Gasteiger partial charge on any atom is -0.507 e. The number of phenolic OH excluding ortho intramolecular Hbond substituents is 1. The van der Waals surface area contributed by atoms with Gasteiger partial charge in [0, 0.05) is 37.2 Å². The Hall–Kier alpha value is -2.81. The molecule has 1 aromatic heterocycles. The van der Waals surface area contributed by atoms with Crippen LogP contribution in [0, 0.1) is 3.57 Å². The van der Waals surface area contributed by atoms with Gasteiger partial charge in [0.2, 0.25) is 0 Å². The molecule has 1 amide bonds. The van der Waals surface area contributed by atoms with E-state index in [2.05, 4.69) is 10.5 Å². The number of nitrogens with zero attached hydrogens (tertiary/aromatic N) is 3. The lowest BCUT2D eigenvalue weighted by atomic mass is 10.2. The zero-order chi connectivity index (χ0) is 19.4. The molecule has 0 unspecified atom stereocenters. The summed E-state index contributed by atoms with van der Waals surface area (Å²) in [5, 5.41) is 13.7. The summed E-state index contributed by atoms with van der Waals surface area (Å²) in [4.78, 5) is 14.2. The van der Waals surface area contributed by atoms with Gasteiger partial charge >= 0.3 is 0 Å². The van der Waals surface area contributed by atoms with Crippen LogP contribution in [0.5, 0.6) is 5.75 Å². The molecule has 0 bridgehead atoms. The monoisotopic (exact) mass is 474 g/mol. The van der Waals surface area contributed by atoms with Gasteiger partial charge in [0.25, 0.3) is 5.91 Å². The van der Waals surface area contributed by atoms with Crippen molar-refractivity contribution >= 4 is 40.4 Å². The third-order valence-corrected chi connectivity index (χ3v) is 4.91. The number of rotatable bonds is 5. The van der Waals surface area contributed by atoms with Crippen molar-refractivity contribution in [2.24, 2.45) is 5.10 Å². The van der Waals surface area contributed by atoms with Crippen molar-refractivity contribution in [2.75, 3.05) is 19.0 Å². The number of aromatic hydroxyl groups is 1. The standard InChI is InChI=1S/C20H19IN4O2/c1-24(2)15-6-8-16(9-7-15)25-11-3-4-17(25)13-22-23-20(27)14-5-10-18(21)19(26)12-14/h3-13,26H,1-2H3,(H,23,27)/b22-13-. The average Bonchev–Trinajstić information content (AvgIpc) is 3.12. The third kappa shape index (κ3) is 4.48. The number of carbonyl (C=O) groups is 1. The van der Waals surface area contributed by atoms with Crippen LogP contribution in [0.4, 0.5) is 5.69 Å². The lowest BCUT2D eigenvalue weighted by Crippen LogP contribution is -2.17. The van der Waals surface area contributed by atoms with E-state index in [9.17, 15) is 9.90 Å². The Kier molecular flexibility index (Phi) is 5.80. The van der Waals surface area contributed by atoms with Crippen LogP contribution in [0.2, 0.25) is 0 Å². The zero-order valence-corrected chi connectivity index (χ0v) is 17.1. The fourth-order valence-corrected chi connectivity index (χ4v) is 2.86. The largest absolute Gasteiger partial charge is 0.507 e. The number of hydrazone groups is 1. The maximum atomic E-state index is 12.1. The molecule has 7 heteroatoms. The normalized spacial score (nSPS) is 10.9. The Morgan fingerprint density at radius 2 is 1.93 bits per heavy atom.